The zero-order chi connectivity index (χ0) is 33.4. The van der Waals surface area contributed by atoms with Crippen LogP contribution >= 0.6 is 11.6 Å². The number of carbonyl (C=O) groups excluding carboxylic acids is 1. The standard InChI is InChI=1S/C36H43ClFN7O2/c1-6-31(46)40-24-10-13-26(14-11-24)45-34-28(23(4)32(35(45)47)27-8-7-9-29(38)33(27)37)19-39-36(42-34)41-25-12-15-30(21(2)18-25)44-17-16-43(5)22(3)20-44/h7-9,12,15,18-19,22,24,26H,6,10-11,13-14,16-17,20H2,1-5H3,(H,40,46)(H,39,41,42)/t22-,24-,26+/m1/s1. The molecule has 1 aliphatic heterocycles. The van der Waals surface area contributed by atoms with Gasteiger partial charge >= 0.3 is 0 Å². The first-order chi connectivity index (χ1) is 22.5. The lowest BCUT2D eigenvalue weighted by Crippen LogP contribution is -2.50. The number of amides is 1. The lowest BCUT2D eigenvalue weighted by Gasteiger charge is -2.39. The topological polar surface area (TPSA) is 95.4 Å². The number of anilines is 3. The Kier molecular flexibility index (Phi) is 9.53. The SMILES string of the molecule is CCC(=O)N[C@H]1CC[C@@H](n2c(=O)c(-c3cccc(F)c3Cl)c(C)c3cnc(Nc4ccc(N5CCN(C)[C@H](C)C5)c(C)c4)nc32)CC1. The van der Waals surface area contributed by atoms with Crippen molar-refractivity contribution in [2.45, 2.75) is 77.9 Å². The van der Waals surface area contributed by atoms with E-state index in [-0.39, 0.29) is 28.6 Å². The molecule has 2 aliphatic rings. The van der Waals surface area contributed by atoms with Gasteiger partial charge in [0.05, 0.1) is 10.6 Å². The van der Waals surface area contributed by atoms with Gasteiger partial charge in [-0.1, -0.05) is 30.7 Å². The minimum Gasteiger partial charge on any atom is -0.368 e. The van der Waals surface area contributed by atoms with Crippen molar-refractivity contribution >= 4 is 45.9 Å². The van der Waals surface area contributed by atoms with Crippen LogP contribution in [0.2, 0.25) is 5.02 Å². The van der Waals surface area contributed by atoms with Crippen molar-refractivity contribution in [3.63, 3.8) is 0 Å². The van der Waals surface area contributed by atoms with Gasteiger partial charge in [0, 0.05) is 72.7 Å². The molecule has 47 heavy (non-hydrogen) atoms. The number of piperazine rings is 1. The molecule has 0 bridgehead atoms. The number of likely N-dealkylation sites (N-methyl/N-ethyl adjacent to an activating group) is 1. The predicted octanol–water partition coefficient (Wildman–Crippen LogP) is 6.76. The molecular formula is C36H43ClFN7O2. The molecule has 0 spiro atoms. The van der Waals surface area contributed by atoms with Crippen molar-refractivity contribution in [3.8, 4) is 11.1 Å². The molecule has 6 rings (SSSR count). The molecule has 248 valence electrons. The Bertz CT molecular complexity index is 1870. The number of aryl methyl sites for hydroxylation is 2. The van der Waals surface area contributed by atoms with Crippen LogP contribution in [0.5, 0.6) is 0 Å². The van der Waals surface area contributed by atoms with Crippen LogP contribution < -0.4 is 21.1 Å². The summed E-state index contributed by atoms with van der Waals surface area (Å²) in [6, 6.07) is 11.2. The highest BCUT2D eigenvalue weighted by atomic mass is 35.5. The summed E-state index contributed by atoms with van der Waals surface area (Å²) in [5, 5.41) is 7.07. The summed E-state index contributed by atoms with van der Waals surface area (Å²) >= 11 is 6.43. The summed E-state index contributed by atoms with van der Waals surface area (Å²) in [4.78, 5) is 40.9. The number of halogens is 2. The normalized spacial score (nSPS) is 20.4. The number of pyridine rings is 1. The number of carbonyl (C=O) groups is 1. The highest BCUT2D eigenvalue weighted by molar-refractivity contribution is 6.33. The van der Waals surface area contributed by atoms with Crippen LogP contribution in [0.1, 0.15) is 63.1 Å². The summed E-state index contributed by atoms with van der Waals surface area (Å²) in [6.45, 7) is 11.0. The fourth-order valence-electron chi connectivity index (χ4n) is 7.04. The van der Waals surface area contributed by atoms with E-state index in [1.807, 2.05) is 19.9 Å². The van der Waals surface area contributed by atoms with Gasteiger partial charge in [-0.15, -0.1) is 0 Å². The Hall–Kier alpha value is -4.02. The number of nitrogens with zero attached hydrogens (tertiary/aromatic N) is 5. The highest BCUT2D eigenvalue weighted by Crippen LogP contribution is 2.36. The predicted molar refractivity (Wildman–Crippen MR) is 187 cm³/mol. The molecule has 3 heterocycles. The van der Waals surface area contributed by atoms with E-state index in [1.165, 1.54) is 11.8 Å². The Morgan fingerprint density at radius 3 is 2.57 bits per heavy atom. The van der Waals surface area contributed by atoms with Crippen molar-refractivity contribution in [1.29, 1.82) is 0 Å². The molecule has 2 aromatic heterocycles. The fourth-order valence-corrected chi connectivity index (χ4v) is 7.26. The molecule has 4 aromatic rings. The van der Waals surface area contributed by atoms with Crippen LogP contribution in [0.4, 0.5) is 21.7 Å². The lowest BCUT2D eigenvalue weighted by molar-refractivity contribution is -0.121. The first-order valence-electron chi connectivity index (χ1n) is 16.5. The van der Waals surface area contributed by atoms with Crippen molar-refractivity contribution in [1.82, 2.24) is 24.8 Å². The maximum absolute atomic E-state index is 14.6. The molecule has 0 radical (unpaired) electrons. The summed E-state index contributed by atoms with van der Waals surface area (Å²) < 4.78 is 16.4. The Morgan fingerprint density at radius 1 is 1.11 bits per heavy atom. The molecule has 1 saturated heterocycles. The largest absolute Gasteiger partial charge is 0.368 e. The number of rotatable bonds is 7. The second-order valence-electron chi connectivity index (χ2n) is 13.0. The molecule has 11 heteroatoms. The van der Waals surface area contributed by atoms with Crippen LogP contribution in [0.25, 0.3) is 22.2 Å². The molecule has 1 atom stereocenters. The van der Waals surface area contributed by atoms with E-state index in [0.717, 1.165) is 43.7 Å². The van der Waals surface area contributed by atoms with Gasteiger partial charge in [-0.2, -0.15) is 4.98 Å². The quantitative estimate of drug-likeness (QED) is 0.226. The highest BCUT2D eigenvalue weighted by Gasteiger charge is 2.29. The van der Waals surface area contributed by atoms with E-state index in [4.69, 9.17) is 16.6 Å². The number of aromatic nitrogens is 3. The van der Waals surface area contributed by atoms with Crippen LogP contribution in [0, 0.1) is 19.7 Å². The third-order valence-electron chi connectivity index (χ3n) is 9.93. The number of nitrogens with one attached hydrogen (secondary N) is 2. The second-order valence-corrected chi connectivity index (χ2v) is 13.4. The van der Waals surface area contributed by atoms with E-state index < -0.39 is 5.82 Å². The van der Waals surface area contributed by atoms with Gasteiger partial charge in [-0.05, 0) is 88.9 Å². The second kappa shape index (κ2) is 13.6. The number of benzene rings is 2. The van der Waals surface area contributed by atoms with Crippen LogP contribution in [-0.4, -0.2) is 64.1 Å². The first-order valence-corrected chi connectivity index (χ1v) is 16.9. The summed E-state index contributed by atoms with van der Waals surface area (Å²) in [6.07, 6.45) is 5.00. The van der Waals surface area contributed by atoms with Crippen molar-refractivity contribution in [2.24, 2.45) is 0 Å². The molecule has 2 aromatic carbocycles. The molecule has 9 nitrogen and oxygen atoms in total. The molecule has 1 aliphatic carbocycles. The molecule has 0 unspecified atom stereocenters. The minimum absolute atomic E-state index is 0.0271. The molecular weight excluding hydrogens is 617 g/mol. The Balaban J connectivity index is 1.38. The molecule has 1 saturated carbocycles. The van der Waals surface area contributed by atoms with E-state index in [9.17, 15) is 14.0 Å². The monoisotopic (exact) mass is 659 g/mol. The Labute approximate surface area is 280 Å². The summed E-state index contributed by atoms with van der Waals surface area (Å²) in [7, 11) is 2.17. The average Bonchev–Trinajstić information content (AvgIpc) is 3.05. The first kappa shape index (κ1) is 32.9. The van der Waals surface area contributed by atoms with Gasteiger partial charge < -0.3 is 20.4 Å². The third-order valence-corrected chi connectivity index (χ3v) is 10.3. The molecule has 2 N–H and O–H groups in total. The molecule has 1 amide bonds. The maximum atomic E-state index is 14.6. The zero-order valence-electron chi connectivity index (χ0n) is 27.7. The number of hydrogen-bond donors (Lipinski definition) is 2. The van der Waals surface area contributed by atoms with Crippen LogP contribution in [-0.2, 0) is 4.79 Å². The van der Waals surface area contributed by atoms with Gasteiger partial charge in [-0.3, -0.25) is 14.2 Å². The van der Waals surface area contributed by atoms with E-state index in [1.54, 1.807) is 22.9 Å². The lowest BCUT2D eigenvalue weighted by atomic mass is 9.90. The van der Waals surface area contributed by atoms with Crippen molar-refractivity contribution < 1.29 is 9.18 Å². The summed E-state index contributed by atoms with van der Waals surface area (Å²) in [5.74, 6) is -0.175. The van der Waals surface area contributed by atoms with Gasteiger partial charge in [0.2, 0.25) is 11.9 Å². The van der Waals surface area contributed by atoms with Gasteiger partial charge in [0.25, 0.3) is 5.56 Å². The van der Waals surface area contributed by atoms with Gasteiger partial charge in [0.15, 0.2) is 0 Å². The molecule has 2 fully saturated rings. The zero-order valence-corrected chi connectivity index (χ0v) is 28.5. The van der Waals surface area contributed by atoms with Gasteiger partial charge in [0.1, 0.15) is 11.5 Å². The number of fused-ring (bicyclic) bond motifs is 1. The fraction of sp³-hybridized carbons (Fsp3) is 0.444. The van der Waals surface area contributed by atoms with Crippen LogP contribution in [0.3, 0.4) is 0 Å². The summed E-state index contributed by atoms with van der Waals surface area (Å²) in [5.41, 5.74) is 4.81. The van der Waals surface area contributed by atoms with E-state index in [2.05, 4.69) is 58.4 Å². The van der Waals surface area contributed by atoms with Gasteiger partial charge in [-0.25, -0.2) is 9.37 Å². The maximum Gasteiger partial charge on any atom is 0.260 e. The smallest absolute Gasteiger partial charge is 0.260 e. The van der Waals surface area contributed by atoms with Crippen molar-refractivity contribution in [3.05, 3.63) is 74.9 Å². The average molecular weight is 660 g/mol. The minimum atomic E-state index is -0.582. The van der Waals surface area contributed by atoms with Crippen molar-refractivity contribution in [2.75, 3.05) is 36.9 Å². The van der Waals surface area contributed by atoms with E-state index in [0.29, 0.717) is 59.0 Å². The van der Waals surface area contributed by atoms with E-state index >= 15 is 0 Å². The van der Waals surface area contributed by atoms with Crippen LogP contribution in [0.15, 0.2) is 47.4 Å². The number of hydrogen-bond acceptors (Lipinski definition) is 7. The third kappa shape index (κ3) is 6.58. The Morgan fingerprint density at radius 2 is 1.87 bits per heavy atom.